The summed E-state index contributed by atoms with van der Waals surface area (Å²) < 4.78 is 94.3. The number of benzene rings is 6. The lowest BCUT2D eigenvalue weighted by Gasteiger charge is -2.23. The SMILES string of the molecule is COc1ccnc(C(=O)NCCCOc2c3cccc2Cc2cccc(c2OCCCNC(=O)c2cc(OC)ccn2)Cc2cccc(c2OCCCNC(=O)c2cc(OC)ccn2)Cc2cccc(c2OCCCNC(=O)c2cc(OC)ccn2)Cc2cccc(c2OCCCNC(=O)c2cc(OC)ccn2)Cc2cccc(c2OCCCNC(=O)c2cc(OC)ccn2)C3)c1.CS(C)=O.CS(C)=O. The van der Waals surface area contributed by atoms with E-state index in [-0.39, 0.29) is 149 Å². The third kappa shape index (κ3) is 32.6. The van der Waals surface area contributed by atoms with Gasteiger partial charge < -0.3 is 88.7 Å². The zero-order chi connectivity index (χ0) is 99.3. The van der Waals surface area contributed by atoms with E-state index in [2.05, 4.69) is 61.8 Å². The van der Waals surface area contributed by atoms with Crippen LogP contribution in [0.1, 0.15) is 168 Å². The average molecular weight is 1950 g/mol. The standard InChI is InChI=1S/C102H108N12O18.2C2H6OS/c1-121-79-31-43-103-85(61-79)97(115)109-37-13-49-127-91-67-19-7-20-68(91)56-70-22-9-24-72(93(70)129-51-15-39-111-99(117)87-63-81(123-3)33-45-105-87)58-74-26-11-28-76(95(74)131-53-17-41-113-101(119)89-65-83(125-5)35-47-107-89)60-78-30-12-29-77(96(78)132-54-18-42-114-102(120)90-66-84(126-6)36-48-108-90)59-75-27-10-25-73(94(75)130-52-16-40-112-100(118)88-64-82(124-4)34-46-106-88)57-71-23-8-21-69(55-67)92(71)128-50-14-38-110-98(116)86-62-80(122-2)32-44-104-86;2*1-4(2)3/h7-12,19-36,43-48,61-66H,13-18,37-42,49-60H2,1-6H3,(H,109,115)(H,110,116)(H,111,117)(H,112,118)(H,113,119)(H,114,120);2*1-2H3. The first-order chi connectivity index (χ1) is 68.1. The minimum absolute atomic E-state index is 0.174. The predicted octanol–water partition coefficient (Wildman–Crippen LogP) is 13.1. The number of fused-ring (bicyclic) bond motifs is 12. The van der Waals surface area contributed by atoms with Gasteiger partial charge in [0.1, 0.15) is 103 Å². The molecule has 736 valence electrons. The molecule has 0 aliphatic heterocycles. The summed E-state index contributed by atoms with van der Waals surface area (Å²) >= 11 is 0. The molecule has 0 saturated carbocycles. The van der Waals surface area contributed by atoms with E-state index >= 15 is 0 Å². The molecule has 0 radical (unpaired) electrons. The van der Waals surface area contributed by atoms with Crippen LogP contribution in [0.4, 0.5) is 0 Å². The number of ether oxygens (including phenoxy) is 12. The number of hydrogen-bond acceptors (Lipinski definition) is 26. The molecule has 6 aromatic heterocycles. The zero-order valence-electron chi connectivity index (χ0n) is 80.4. The maximum absolute atomic E-state index is 13.6. The van der Waals surface area contributed by atoms with Gasteiger partial charge in [0.25, 0.3) is 35.4 Å². The van der Waals surface area contributed by atoms with Crippen LogP contribution in [0, 0.1) is 0 Å². The van der Waals surface area contributed by atoms with E-state index < -0.39 is 21.6 Å². The number of carbonyl (C=O) groups excluding carboxylic acids is 6. The Morgan fingerprint density at radius 2 is 0.364 bits per heavy atom. The van der Waals surface area contributed by atoms with Crippen LogP contribution < -0.4 is 88.7 Å². The van der Waals surface area contributed by atoms with Gasteiger partial charge in [-0.3, -0.25) is 67.1 Å². The lowest BCUT2D eigenvalue weighted by atomic mass is 9.91. The van der Waals surface area contributed by atoms with Crippen molar-refractivity contribution < 1.29 is 94.0 Å². The summed E-state index contributed by atoms with van der Waals surface area (Å²) in [5.41, 5.74) is 11.0. The monoisotopic (exact) mass is 1940 g/mol. The smallest absolute Gasteiger partial charge is 0.270 e. The van der Waals surface area contributed by atoms with Gasteiger partial charge >= 0.3 is 0 Å². The fraction of sp³-hybridized carbons (Fsp3) is 0.321. The molecule has 0 spiro atoms. The predicted molar refractivity (Wildman–Crippen MR) is 535 cm³/mol. The molecule has 0 atom stereocenters. The van der Waals surface area contributed by atoms with Crippen molar-refractivity contribution in [3.05, 3.63) is 320 Å². The van der Waals surface area contributed by atoms with Gasteiger partial charge in [-0.25, -0.2) is 0 Å². The Kier molecular flexibility index (Phi) is 42.1. The highest BCUT2D eigenvalue weighted by Gasteiger charge is 2.26. The fourth-order valence-corrected chi connectivity index (χ4v) is 15.0. The molecular formula is C106H120N12O20S2. The molecule has 6 N–H and O–H groups in total. The molecule has 0 saturated heterocycles. The molecule has 6 amide bonds. The van der Waals surface area contributed by atoms with Crippen molar-refractivity contribution in [3.63, 3.8) is 0 Å². The maximum atomic E-state index is 13.6. The highest BCUT2D eigenvalue weighted by molar-refractivity contribution is 7.83. The van der Waals surface area contributed by atoms with E-state index in [1.807, 2.05) is 109 Å². The van der Waals surface area contributed by atoms with E-state index in [1.165, 1.54) is 79.8 Å². The largest absolute Gasteiger partial charge is 0.497 e. The lowest BCUT2D eigenvalue weighted by Crippen LogP contribution is -2.26. The van der Waals surface area contributed by atoms with E-state index in [4.69, 9.17) is 56.8 Å². The van der Waals surface area contributed by atoms with E-state index in [0.717, 1.165) is 66.8 Å². The number of pyridine rings is 6. The molecule has 140 heavy (non-hydrogen) atoms. The summed E-state index contributed by atoms with van der Waals surface area (Å²) in [4.78, 5) is 107. The van der Waals surface area contributed by atoms with Gasteiger partial charge in [0.2, 0.25) is 0 Å². The van der Waals surface area contributed by atoms with Crippen molar-refractivity contribution in [2.24, 2.45) is 0 Å². The molecule has 1 aliphatic rings. The number of amides is 6. The van der Waals surface area contributed by atoms with Crippen LogP contribution in [-0.2, 0) is 60.1 Å². The van der Waals surface area contributed by atoms with Crippen molar-refractivity contribution in [2.45, 2.75) is 77.0 Å². The zero-order valence-corrected chi connectivity index (χ0v) is 82.1. The Hall–Kier alpha value is -15.1. The number of methoxy groups -OCH3 is 6. The van der Waals surface area contributed by atoms with E-state index in [9.17, 15) is 37.2 Å². The number of carbonyl (C=O) groups is 6. The van der Waals surface area contributed by atoms with Crippen molar-refractivity contribution in [2.75, 3.05) is 147 Å². The second kappa shape index (κ2) is 56.0. The van der Waals surface area contributed by atoms with Crippen LogP contribution in [0.3, 0.4) is 0 Å². The first-order valence-electron chi connectivity index (χ1n) is 45.7. The van der Waals surface area contributed by atoms with Crippen LogP contribution in [0.15, 0.2) is 219 Å². The van der Waals surface area contributed by atoms with Gasteiger partial charge in [-0.2, -0.15) is 0 Å². The summed E-state index contributed by atoms with van der Waals surface area (Å²) in [6, 6.07) is 56.1. The number of aromatic nitrogens is 6. The quantitative estimate of drug-likeness (QED) is 0.0194. The molecule has 1 aliphatic carbocycles. The average Bonchev–Trinajstić information content (AvgIpc) is 0.789. The topological polar surface area (TPSA) is 397 Å². The number of rotatable bonds is 42. The van der Waals surface area contributed by atoms with E-state index in [0.29, 0.717) is 146 Å². The third-order valence-corrected chi connectivity index (χ3v) is 21.7. The maximum Gasteiger partial charge on any atom is 0.270 e. The number of nitrogens with one attached hydrogen (secondary N) is 6. The minimum atomic E-state index is -0.611. The Balaban J connectivity index is 0.00000226. The van der Waals surface area contributed by atoms with Gasteiger partial charge in [-0.05, 0) is 142 Å². The summed E-state index contributed by atoms with van der Waals surface area (Å²) in [5.74, 6) is 4.31. The second-order valence-corrected chi connectivity index (χ2v) is 35.2. The molecule has 12 aromatic rings. The summed E-state index contributed by atoms with van der Waals surface area (Å²) in [5, 5.41) is 18.0. The number of hydrogen-bond donors (Lipinski definition) is 6. The van der Waals surface area contributed by atoms with Gasteiger partial charge in [0, 0.05) is 198 Å². The Labute approximate surface area is 820 Å². The number of nitrogens with zero attached hydrogens (tertiary/aromatic N) is 6. The minimum Gasteiger partial charge on any atom is -0.497 e. The van der Waals surface area contributed by atoms with Gasteiger partial charge in [0.15, 0.2) is 0 Å². The van der Waals surface area contributed by atoms with Crippen molar-refractivity contribution in [1.82, 2.24) is 61.8 Å². The highest BCUT2D eigenvalue weighted by Crippen LogP contribution is 2.41. The first kappa shape index (κ1) is 105. The summed E-state index contributed by atoms with van der Waals surface area (Å²) in [6.07, 6.45) is 19.8. The fourth-order valence-electron chi connectivity index (χ4n) is 15.0. The Morgan fingerprint density at radius 3 is 0.486 bits per heavy atom. The third-order valence-electron chi connectivity index (χ3n) is 21.7. The van der Waals surface area contributed by atoms with Crippen LogP contribution in [0.5, 0.6) is 69.0 Å². The highest BCUT2D eigenvalue weighted by atomic mass is 32.2. The Morgan fingerprint density at radius 1 is 0.236 bits per heavy atom. The van der Waals surface area contributed by atoms with E-state index in [1.54, 1.807) is 97.8 Å². The first-order valence-corrected chi connectivity index (χ1v) is 49.7. The van der Waals surface area contributed by atoms with Crippen molar-refractivity contribution in [3.8, 4) is 69.0 Å². The van der Waals surface area contributed by atoms with Crippen LogP contribution in [0.2, 0.25) is 0 Å². The molecular weight excluding hydrogens is 1830 g/mol. The van der Waals surface area contributed by atoms with Gasteiger partial charge in [-0.15, -0.1) is 0 Å². The molecule has 6 aromatic carbocycles. The second-order valence-electron chi connectivity index (χ2n) is 32.2. The van der Waals surface area contributed by atoms with Crippen LogP contribution >= 0.6 is 0 Å². The molecule has 13 rings (SSSR count). The summed E-state index contributed by atoms with van der Waals surface area (Å²) in [7, 11) is 7.95. The van der Waals surface area contributed by atoms with Crippen molar-refractivity contribution >= 4 is 57.0 Å². The molecule has 32 nitrogen and oxygen atoms in total. The lowest BCUT2D eigenvalue weighted by molar-refractivity contribution is 0.0938. The molecule has 0 fully saturated rings. The molecule has 0 unspecified atom stereocenters. The Bertz CT molecular complexity index is 5150. The summed E-state index contributed by atoms with van der Waals surface area (Å²) in [6.45, 7) is 2.50. The van der Waals surface area contributed by atoms with Crippen molar-refractivity contribution in [1.29, 1.82) is 0 Å². The number of para-hydroxylation sites is 6. The normalized spacial score (nSPS) is 11.3. The molecule has 12 bridgehead atoms. The van der Waals surface area contributed by atoms with Gasteiger partial charge in [-0.1, -0.05) is 109 Å². The molecule has 34 heteroatoms. The van der Waals surface area contributed by atoms with Gasteiger partial charge in [0.05, 0.1) is 82.3 Å². The van der Waals surface area contributed by atoms with Crippen LogP contribution in [-0.4, -0.2) is 220 Å². The molecule has 6 heterocycles. The van der Waals surface area contributed by atoms with Crippen LogP contribution in [0.25, 0.3) is 0 Å².